The molecule has 3 heteroatoms. The van der Waals surface area contributed by atoms with Crippen molar-refractivity contribution in [3.05, 3.63) is 28.3 Å². The van der Waals surface area contributed by atoms with Gasteiger partial charge in [0.05, 0.1) is 5.02 Å². The fourth-order valence-electron chi connectivity index (χ4n) is 2.23. The summed E-state index contributed by atoms with van der Waals surface area (Å²) in [7, 11) is 0. The molecule has 1 aromatic carbocycles. The summed E-state index contributed by atoms with van der Waals surface area (Å²) in [5, 5.41) is 13.8. The Morgan fingerprint density at radius 1 is 1.47 bits per heavy atom. The normalized spacial score (nSPS) is 20.4. The number of hydrogen-bond donors (Lipinski definition) is 2. The molecule has 1 aromatic rings. The summed E-state index contributed by atoms with van der Waals surface area (Å²) >= 11 is 5.90. The third-order valence-corrected chi connectivity index (χ3v) is 3.32. The molecular weight excluding hydrogens is 210 g/mol. The zero-order valence-electron chi connectivity index (χ0n) is 9.05. The summed E-state index contributed by atoms with van der Waals surface area (Å²) in [5.41, 5.74) is 2.21. The van der Waals surface area contributed by atoms with Gasteiger partial charge in [-0.25, -0.2) is 0 Å². The number of nitrogens with one attached hydrogen (secondary N) is 1. The molecule has 2 N–H and O–H groups in total. The van der Waals surface area contributed by atoms with Gasteiger partial charge in [-0.1, -0.05) is 31.5 Å². The van der Waals surface area contributed by atoms with E-state index in [1.54, 1.807) is 6.07 Å². The molecule has 0 aliphatic carbocycles. The van der Waals surface area contributed by atoms with E-state index in [9.17, 15) is 5.11 Å². The molecule has 0 amide bonds. The second-order valence-electron chi connectivity index (χ2n) is 4.39. The van der Waals surface area contributed by atoms with E-state index in [1.165, 1.54) is 5.56 Å². The Morgan fingerprint density at radius 2 is 2.20 bits per heavy atom. The second-order valence-corrected chi connectivity index (χ2v) is 4.80. The molecule has 0 aromatic heterocycles. The molecule has 0 fully saturated rings. The zero-order chi connectivity index (χ0) is 11.0. The van der Waals surface area contributed by atoms with Crippen molar-refractivity contribution < 1.29 is 5.11 Å². The molecule has 0 radical (unpaired) electrons. The van der Waals surface area contributed by atoms with E-state index in [2.05, 4.69) is 19.2 Å². The maximum absolute atomic E-state index is 9.88. The molecule has 1 aliphatic heterocycles. The lowest BCUT2D eigenvalue weighted by Gasteiger charge is -2.30. The van der Waals surface area contributed by atoms with E-state index in [-0.39, 0.29) is 5.75 Å². The lowest BCUT2D eigenvalue weighted by Crippen LogP contribution is -2.33. The summed E-state index contributed by atoms with van der Waals surface area (Å²) in [6, 6.07) is 4.13. The molecule has 82 valence electrons. The number of halogens is 1. The number of phenolic OH excluding ortho intramolecular Hbond substituents is 1. The van der Waals surface area contributed by atoms with E-state index in [4.69, 9.17) is 11.6 Å². The van der Waals surface area contributed by atoms with Crippen molar-refractivity contribution in [2.45, 2.75) is 26.3 Å². The Kier molecular flexibility index (Phi) is 2.89. The molecule has 1 unspecified atom stereocenters. The fraction of sp³-hybridized carbons (Fsp3) is 0.500. The van der Waals surface area contributed by atoms with Crippen LogP contribution in [0.4, 0.5) is 0 Å². The summed E-state index contributed by atoms with van der Waals surface area (Å²) in [6.07, 6.45) is 0.852. The molecule has 0 bridgehead atoms. The van der Waals surface area contributed by atoms with Crippen LogP contribution in [0.25, 0.3) is 0 Å². The Balaban J connectivity index is 2.49. The van der Waals surface area contributed by atoms with Gasteiger partial charge in [0.15, 0.2) is 0 Å². The molecule has 0 saturated carbocycles. The van der Waals surface area contributed by atoms with Gasteiger partial charge < -0.3 is 10.4 Å². The highest BCUT2D eigenvalue weighted by atomic mass is 35.5. The van der Waals surface area contributed by atoms with Gasteiger partial charge in [-0.15, -0.1) is 0 Å². The number of fused-ring (bicyclic) bond motifs is 1. The van der Waals surface area contributed by atoms with Crippen LogP contribution in [0.1, 0.15) is 31.0 Å². The highest BCUT2D eigenvalue weighted by molar-refractivity contribution is 6.32. The third-order valence-electron chi connectivity index (χ3n) is 3.01. The van der Waals surface area contributed by atoms with E-state index >= 15 is 0 Å². The number of phenols is 1. The van der Waals surface area contributed by atoms with Crippen LogP contribution in [0.2, 0.25) is 5.02 Å². The van der Waals surface area contributed by atoms with Crippen LogP contribution < -0.4 is 5.32 Å². The van der Waals surface area contributed by atoms with Gasteiger partial charge in [0.25, 0.3) is 0 Å². The SMILES string of the molecule is CC(C)C1NCCc2c1ccc(Cl)c2O. The molecule has 15 heavy (non-hydrogen) atoms. The minimum atomic E-state index is 0.265. The predicted octanol–water partition coefficient (Wildman–Crippen LogP) is 2.89. The summed E-state index contributed by atoms with van der Waals surface area (Å²) in [5.74, 6) is 0.783. The van der Waals surface area contributed by atoms with Crippen molar-refractivity contribution in [1.29, 1.82) is 0 Å². The minimum absolute atomic E-state index is 0.265. The lowest BCUT2D eigenvalue weighted by molar-refractivity contribution is 0.385. The Hall–Kier alpha value is -0.730. The first-order chi connectivity index (χ1) is 7.11. The molecule has 2 nitrogen and oxygen atoms in total. The molecule has 0 saturated heterocycles. The van der Waals surface area contributed by atoms with Crippen molar-refractivity contribution >= 4 is 11.6 Å². The summed E-state index contributed by atoms with van der Waals surface area (Å²) < 4.78 is 0. The molecular formula is C12H16ClNO. The molecule has 1 atom stereocenters. The van der Waals surface area contributed by atoms with Crippen LogP contribution in [-0.2, 0) is 6.42 Å². The van der Waals surface area contributed by atoms with Crippen LogP contribution in [-0.4, -0.2) is 11.7 Å². The van der Waals surface area contributed by atoms with Crippen molar-refractivity contribution in [1.82, 2.24) is 5.32 Å². The smallest absolute Gasteiger partial charge is 0.137 e. The maximum Gasteiger partial charge on any atom is 0.137 e. The first kappa shape index (κ1) is 10.8. The highest BCUT2D eigenvalue weighted by Crippen LogP contribution is 2.37. The van der Waals surface area contributed by atoms with E-state index in [0.29, 0.717) is 17.0 Å². The Labute approximate surface area is 95.3 Å². The minimum Gasteiger partial charge on any atom is -0.506 e. The van der Waals surface area contributed by atoms with Gasteiger partial charge in [0, 0.05) is 11.6 Å². The lowest BCUT2D eigenvalue weighted by atomic mass is 9.87. The van der Waals surface area contributed by atoms with Gasteiger partial charge in [0.2, 0.25) is 0 Å². The van der Waals surface area contributed by atoms with E-state index in [0.717, 1.165) is 18.5 Å². The second kappa shape index (κ2) is 4.03. The quantitative estimate of drug-likeness (QED) is 0.771. The third kappa shape index (κ3) is 1.84. The Morgan fingerprint density at radius 3 is 2.87 bits per heavy atom. The fourth-order valence-corrected chi connectivity index (χ4v) is 2.41. The number of aromatic hydroxyl groups is 1. The van der Waals surface area contributed by atoms with Crippen LogP contribution >= 0.6 is 11.6 Å². The van der Waals surface area contributed by atoms with E-state index < -0.39 is 0 Å². The van der Waals surface area contributed by atoms with E-state index in [1.807, 2.05) is 6.07 Å². The molecule has 0 spiro atoms. The van der Waals surface area contributed by atoms with Crippen molar-refractivity contribution in [2.24, 2.45) is 5.92 Å². The predicted molar refractivity (Wildman–Crippen MR) is 62.4 cm³/mol. The average Bonchev–Trinajstić information content (AvgIpc) is 2.23. The average molecular weight is 226 g/mol. The van der Waals surface area contributed by atoms with Crippen LogP contribution in [0.15, 0.2) is 12.1 Å². The van der Waals surface area contributed by atoms with Crippen LogP contribution in [0.3, 0.4) is 0 Å². The van der Waals surface area contributed by atoms with Gasteiger partial charge in [-0.2, -0.15) is 0 Å². The highest BCUT2D eigenvalue weighted by Gasteiger charge is 2.24. The molecule has 1 heterocycles. The molecule has 1 aliphatic rings. The largest absolute Gasteiger partial charge is 0.506 e. The van der Waals surface area contributed by atoms with Crippen LogP contribution in [0, 0.1) is 5.92 Å². The van der Waals surface area contributed by atoms with Gasteiger partial charge in [0.1, 0.15) is 5.75 Å². The zero-order valence-corrected chi connectivity index (χ0v) is 9.80. The standard InChI is InChI=1S/C12H16ClNO/c1-7(2)11-8-3-4-10(13)12(15)9(8)5-6-14-11/h3-4,7,11,14-15H,5-6H2,1-2H3. The number of benzene rings is 1. The monoisotopic (exact) mass is 225 g/mol. The number of hydrogen-bond acceptors (Lipinski definition) is 2. The first-order valence-electron chi connectivity index (χ1n) is 5.35. The topological polar surface area (TPSA) is 32.3 Å². The van der Waals surface area contributed by atoms with Crippen LogP contribution in [0.5, 0.6) is 5.75 Å². The molecule has 2 rings (SSSR count). The Bertz CT molecular complexity index is 376. The van der Waals surface area contributed by atoms with Crippen molar-refractivity contribution in [2.75, 3.05) is 6.54 Å². The first-order valence-corrected chi connectivity index (χ1v) is 5.72. The summed E-state index contributed by atoms with van der Waals surface area (Å²) in [6.45, 7) is 5.26. The van der Waals surface area contributed by atoms with Gasteiger partial charge in [-0.3, -0.25) is 0 Å². The van der Waals surface area contributed by atoms with Gasteiger partial charge in [-0.05, 0) is 30.5 Å². The maximum atomic E-state index is 9.88. The van der Waals surface area contributed by atoms with Crippen molar-refractivity contribution in [3.8, 4) is 5.75 Å². The number of rotatable bonds is 1. The van der Waals surface area contributed by atoms with Gasteiger partial charge >= 0.3 is 0 Å². The summed E-state index contributed by atoms with van der Waals surface area (Å²) in [4.78, 5) is 0. The van der Waals surface area contributed by atoms with Crippen molar-refractivity contribution in [3.63, 3.8) is 0 Å².